The second kappa shape index (κ2) is 6.19. The molecular weight excluding hydrogens is 210 g/mol. The third kappa shape index (κ3) is 3.69. The third-order valence-electron chi connectivity index (χ3n) is 5.03. The van der Waals surface area contributed by atoms with Crippen LogP contribution in [0.2, 0.25) is 0 Å². The van der Waals surface area contributed by atoms with Crippen molar-refractivity contribution in [2.45, 2.75) is 70.8 Å². The van der Waals surface area contributed by atoms with Crippen LogP contribution in [0, 0.1) is 11.3 Å². The Labute approximate surface area is 106 Å². The Hall–Kier alpha value is -0.0800. The zero-order valence-corrected chi connectivity index (χ0v) is 11.4. The van der Waals surface area contributed by atoms with Crippen LogP contribution in [0.1, 0.15) is 64.7 Å². The van der Waals surface area contributed by atoms with Crippen LogP contribution in [0.25, 0.3) is 0 Å². The first kappa shape index (κ1) is 13.4. The van der Waals surface area contributed by atoms with Crippen LogP contribution in [-0.2, 0) is 0 Å². The first-order valence-corrected chi connectivity index (χ1v) is 7.58. The van der Waals surface area contributed by atoms with Crippen molar-refractivity contribution >= 4 is 0 Å². The standard InChI is InChI=1S/C15H29NO/c1-13-5-7-14(8-6-13)16-11-15(12-17)9-3-2-4-10-15/h13-14,16-17H,2-12H2,1H3. The second-order valence-electron chi connectivity index (χ2n) is 6.56. The van der Waals surface area contributed by atoms with E-state index in [1.54, 1.807) is 0 Å². The highest BCUT2D eigenvalue weighted by molar-refractivity contribution is 4.86. The largest absolute Gasteiger partial charge is 0.396 e. The number of rotatable bonds is 4. The second-order valence-corrected chi connectivity index (χ2v) is 6.56. The van der Waals surface area contributed by atoms with Gasteiger partial charge in [-0.05, 0) is 44.4 Å². The van der Waals surface area contributed by atoms with Gasteiger partial charge in [0.1, 0.15) is 0 Å². The van der Waals surface area contributed by atoms with E-state index in [0.29, 0.717) is 6.61 Å². The molecule has 2 nitrogen and oxygen atoms in total. The van der Waals surface area contributed by atoms with Crippen molar-refractivity contribution in [3.8, 4) is 0 Å². The van der Waals surface area contributed by atoms with E-state index >= 15 is 0 Å². The van der Waals surface area contributed by atoms with Crippen molar-refractivity contribution < 1.29 is 5.11 Å². The molecule has 17 heavy (non-hydrogen) atoms. The molecule has 2 saturated carbocycles. The Morgan fingerprint density at radius 1 is 1.06 bits per heavy atom. The lowest BCUT2D eigenvalue weighted by Gasteiger charge is -2.38. The van der Waals surface area contributed by atoms with E-state index in [2.05, 4.69) is 12.2 Å². The molecule has 0 aromatic heterocycles. The fourth-order valence-corrected chi connectivity index (χ4v) is 3.52. The van der Waals surface area contributed by atoms with Crippen LogP contribution in [0.5, 0.6) is 0 Å². The van der Waals surface area contributed by atoms with Gasteiger partial charge in [0.15, 0.2) is 0 Å². The molecule has 100 valence electrons. The van der Waals surface area contributed by atoms with Gasteiger partial charge >= 0.3 is 0 Å². The Kier molecular flexibility index (Phi) is 4.87. The Bertz CT molecular complexity index is 215. The monoisotopic (exact) mass is 239 g/mol. The quantitative estimate of drug-likeness (QED) is 0.790. The molecule has 0 aliphatic heterocycles. The first-order chi connectivity index (χ1) is 8.24. The summed E-state index contributed by atoms with van der Waals surface area (Å²) in [5, 5.41) is 13.4. The summed E-state index contributed by atoms with van der Waals surface area (Å²) >= 11 is 0. The average molecular weight is 239 g/mol. The predicted octanol–water partition coefficient (Wildman–Crippen LogP) is 3.10. The Morgan fingerprint density at radius 2 is 1.71 bits per heavy atom. The molecule has 0 saturated heterocycles. The van der Waals surface area contributed by atoms with Crippen molar-refractivity contribution in [2.75, 3.05) is 13.2 Å². The lowest BCUT2D eigenvalue weighted by molar-refractivity contribution is 0.0758. The van der Waals surface area contributed by atoms with Gasteiger partial charge in [-0.3, -0.25) is 0 Å². The van der Waals surface area contributed by atoms with Gasteiger partial charge in [0, 0.05) is 24.6 Å². The highest BCUT2D eigenvalue weighted by atomic mass is 16.3. The summed E-state index contributed by atoms with van der Waals surface area (Å²) < 4.78 is 0. The first-order valence-electron chi connectivity index (χ1n) is 7.58. The summed E-state index contributed by atoms with van der Waals surface area (Å²) in [7, 11) is 0. The van der Waals surface area contributed by atoms with E-state index < -0.39 is 0 Å². The number of aliphatic hydroxyl groups excluding tert-OH is 1. The minimum absolute atomic E-state index is 0.210. The summed E-state index contributed by atoms with van der Waals surface area (Å²) in [6.45, 7) is 3.79. The summed E-state index contributed by atoms with van der Waals surface area (Å²) in [6.07, 6.45) is 11.9. The van der Waals surface area contributed by atoms with Crippen LogP contribution < -0.4 is 5.32 Å². The van der Waals surface area contributed by atoms with E-state index in [1.165, 1.54) is 57.8 Å². The van der Waals surface area contributed by atoms with Crippen molar-refractivity contribution in [1.82, 2.24) is 5.32 Å². The Balaban J connectivity index is 1.75. The van der Waals surface area contributed by atoms with Gasteiger partial charge in [-0.15, -0.1) is 0 Å². The fraction of sp³-hybridized carbons (Fsp3) is 1.00. The molecule has 0 spiro atoms. The van der Waals surface area contributed by atoms with Crippen molar-refractivity contribution in [3.05, 3.63) is 0 Å². The summed E-state index contributed by atoms with van der Waals surface area (Å²) in [5.41, 5.74) is 0.210. The fourth-order valence-electron chi connectivity index (χ4n) is 3.52. The summed E-state index contributed by atoms with van der Waals surface area (Å²) in [5.74, 6) is 0.925. The van der Waals surface area contributed by atoms with E-state index in [-0.39, 0.29) is 5.41 Å². The zero-order chi connectivity index (χ0) is 12.1. The maximum Gasteiger partial charge on any atom is 0.0499 e. The van der Waals surface area contributed by atoms with Crippen molar-refractivity contribution in [1.29, 1.82) is 0 Å². The van der Waals surface area contributed by atoms with Crippen LogP contribution in [0.3, 0.4) is 0 Å². The van der Waals surface area contributed by atoms with Crippen LogP contribution in [0.15, 0.2) is 0 Å². The van der Waals surface area contributed by atoms with Crippen LogP contribution >= 0.6 is 0 Å². The van der Waals surface area contributed by atoms with Crippen LogP contribution in [-0.4, -0.2) is 24.3 Å². The van der Waals surface area contributed by atoms with Crippen molar-refractivity contribution in [2.24, 2.45) is 11.3 Å². The molecule has 0 aromatic rings. The van der Waals surface area contributed by atoms with Gasteiger partial charge in [0.2, 0.25) is 0 Å². The van der Waals surface area contributed by atoms with Gasteiger partial charge in [-0.2, -0.15) is 0 Å². The van der Waals surface area contributed by atoms with E-state index in [4.69, 9.17) is 0 Å². The SMILES string of the molecule is CC1CCC(NCC2(CO)CCCCC2)CC1. The molecule has 2 rings (SSSR count). The van der Waals surface area contributed by atoms with Crippen LogP contribution in [0.4, 0.5) is 0 Å². The molecule has 0 aromatic carbocycles. The highest BCUT2D eigenvalue weighted by Gasteiger charge is 2.32. The number of nitrogens with one attached hydrogen (secondary N) is 1. The molecule has 0 bridgehead atoms. The molecule has 0 unspecified atom stereocenters. The lowest BCUT2D eigenvalue weighted by atomic mass is 9.74. The Morgan fingerprint density at radius 3 is 2.29 bits per heavy atom. The maximum atomic E-state index is 9.67. The van der Waals surface area contributed by atoms with E-state index in [0.717, 1.165) is 18.5 Å². The normalized spacial score (nSPS) is 33.5. The van der Waals surface area contributed by atoms with Crippen molar-refractivity contribution in [3.63, 3.8) is 0 Å². The van der Waals surface area contributed by atoms with E-state index in [9.17, 15) is 5.11 Å². The van der Waals surface area contributed by atoms with Gasteiger partial charge in [0.05, 0.1) is 0 Å². The number of aliphatic hydroxyl groups is 1. The molecule has 0 heterocycles. The van der Waals surface area contributed by atoms with Gasteiger partial charge in [-0.1, -0.05) is 26.2 Å². The summed E-state index contributed by atoms with van der Waals surface area (Å²) in [6, 6.07) is 0.719. The highest BCUT2D eigenvalue weighted by Crippen LogP contribution is 2.35. The zero-order valence-electron chi connectivity index (χ0n) is 11.4. The van der Waals surface area contributed by atoms with Gasteiger partial charge in [-0.25, -0.2) is 0 Å². The molecule has 2 N–H and O–H groups in total. The minimum Gasteiger partial charge on any atom is -0.396 e. The smallest absolute Gasteiger partial charge is 0.0499 e. The van der Waals surface area contributed by atoms with E-state index in [1.807, 2.05) is 0 Å². The molecule has 0 amide bonds. The molecule has 0 radical (unpaired) electrons. The van der Waals surface area contributed by atoms with Gasteiger partial charge < -0.3 is 10.4 Å². The molecule has 0 atom stereocenters. The number of hydrogen-bond donors (Lipinski definition) is 2. The minimum atomic E-state index is 0.210. The predicted molar refractivity (Wildman–Crippen MR) is 72.0 cm³/mol. The molecule has 2 aliphatic carbocycles. The molecule has 2 fully saturated rings. The average Bonchev–Trinajstić information content (AvgIpc) is 2.39. The lowest BCUT2D eigenvalue weighted by Crippen LogP contribution is -2.44. The molecule has 2 aliphatic rings. The number of hydrogen-bond acceptors (Lipinski definition) is 2. The summed E-state index contributed by atoms with van der Waals surface area (Å²) in [4.78, 5) is 0. The maximum absolute atomic E-state index is 9.67. The van der Waals surface area contributed by atoms with Gasteiger partial charge in [0.25, 0.3) is 0 Å². The topological polar surface area (TPSA) is 32.3 Å². The molecule has 2 heteroatoms. The third-order valence-corrected chi connectivity index (χ3v) is 5.03. The molecular formula is C15H29NO.